The van der Waals surface area contributed by atoms with Gasteiger partial charge in [0.05, 0.1) is 18.4 Å². The molecule has 29 heavy (non-hydrogen) atoms. The Morgan fingerprint density at radius 3 is 2.79 bits per heavy atom. The predicted octanol–water partition coefficient (Wildman–Crippen LogP) is 2.87. The van der Waals surface area contributed by atoms with Crippen molar-refractivity contribution in [3.05, 3.63) is 65.5 Å². The van der Waals surface area contributed by atoms with Gasteiger partial charge in [0.2, 0.25) is 5.91 Å². The van der Waals surface area contributed by atoms with Crippen LogP contribution in [0.4, 0.5) is 5.13 Å². The third-order valence-corrected chi connectivity index (χ3v) is 4.65. The van der Waals surface area contributed by atoms with Crippen LogP contribution in [0.5, 0.6) is 0 Å². The van der Waals surface area contributed by atoms with Crippen molar-refractivity contribution in [3.8, 4) is 17.1 Å². The number of amides is 2. The van der Waals surface area contributed by atoms with Gasteiger partial charge in [0.1, 0.15) is 11.5 Å². The zero-order valence-corrected chi connectivity index (χ0v) is 16.1. The largest absolute Gasteiger partial charge is 0.458 e. The van der Waals surface area contributed by atoms with Gasteiger partial charge in [-0.3, -0.25) is 14.9 Å². The predicted molar refractivity (Wildman–Crippen MR) is 107 cm³/mol. The fraction of sp³-hybridized carbons (Fsp3) is 0.105. The lowest BCUT2D eigenvalue weighted by Gasteiger charge is -1.98. The first-order chi connectivity index (χ1) is 14.1. The summed E-state index contributed by atoms with van der Waals surface area (Å²) in [5.74, 6) is 0.633. The molecule has 2 amide bonds. The van der Waals surface area contributed by atoms with Crippen LogP contribution >= 0.6 is 11.3 Å². The average molecular weight is 408 g/mol. The van der Waals surface area contributed by atoms with E-state index in [0.717, 1.165) is 5.69 Å². The third-order valence-electron chi connectivity index (χ3n) is 3.90. The summed E-state index contributed by atoms with van der Waals surface area (Å²) in [7, 11) is 0. The lowest BCUT2D eigenvalue weighted by molar-refractivity contribution is -0.119. The first kappa shape index (κ1) is 18.6. The van der Waals surface area contributed by atoms with Crippen LogP contribution in [0.25, 0.3) is 17.1 Å². The smallest absolute Gasteiger partial charge is 0.279 e. The number of carbonyl (C=O) groups excluding carboxylic acids is 2. The molecule has 0 bridgehead atoms. The van der Waals surface area contributed by atoms with Crippen LogP contribution in [-0.2, 0) is 11.3 Å². The van der Waals surface area contributed by atoms with E-state index in [-0.39, 0.29) is 11.6 Å². The van der Waals surface area contributed by atoms with Gasteiger partial charge in [0.25, 0.3) is 5.91 Å². The van der Waals surface area contributed by atoms with E-state index in [0.29, 0.717) is 28.9 Å². The number of rotatable bonds is 6. The van der Waals surface area contributed by atoms with Crippen LogP contribution in [0.3, 0.4) is 0 Å². The summed E-state index contributed by atoms with van der Waals surface area (Å²) in [6, 6.07) is 12.9. The topological polar surface area (TPSA) is 115 Å². The maximum absolute atomic E-state index is 12.4. The molecule has 0 aliphatic rings. The van der Waals surface area contributed by atoms with Crippen LogP contribution in [-0.4, -0.2) is 31.8 Å². The van der Waals surface area contributed by atoms with E-state index < -0.39 is 5.91 Å². The normalized spacial score (nSPS) is 10.7. The second-order valence-corrected chi connectivity index (χ2v) is 6.91. The summed E-state index contributed by atoms with van der Waals surface area (Å²) in [5, 5.41) is 15.5. The standard InChI is InChI=1S/C19H16N6O3S/c1-12(26)20-9-14-7-8-17(28-14)16-11-29-19(21-16)22-18(27)15-10-25(24-23-15)13-5-3-2-4-6-13/h2-8,10-11H,9H2,1H3,(H,20,26)(H,21,22,27). The molecule has 0 radical (unpaired) electrons. The fourth-order valence-corrected chi connectivity index (χ4v) is 3.20. The summed E-state index contributed by atoms with van der Waals surface area (Å²) in [6.45, 7) is 1.75. The third kappa shape index (κ3) is 4.38. The van der Waals surface area contributed by atoms with Crippen molar-refractivity contribution in [1.29, 1.82) is 0 Å². The maximum Gasteiger partial charge on any atom is 0.279 e. The van der Waals surface area contributed by atoms with Crippen molar-refractivity contribution >= 4 is 28.3 Å². The van der Waals surface area contributed by atoms with Gasteiger partial charge >= 0.3 is 0 Å². The number of thiazole rings is 1. The molecule has 146 valence electrons. The SMILES string of the molecule is CC(=O)NCc1ccc(-c2csc(NC(=O)c3cn(-c4ccccc4)nn3)n2)o1. The van der Waals surface area contributed by atoms with Crippen LogP contribution in [0.2, 0.25) is 0 Å². The van der Waals surface area contributed by atoms with Crippen molar-refractivity contribution < 1.29 is 14.0 Å². The molecule has 9 nitrogen and oxygen atoms in total. The Balaban J connectivity index is 1.42. The van der Waals surface area contributed by atoms with E-state index >= 15 is 0 Å². The molecule has 0 aliphatic carbocycles. The van der Waals surface area contributed by atoms with Crippen molar-refractivity contribution in [1.82, 2.24) is 25.3 Å². The second kappa shape index (κ2) is 8.07. The number of nitrogens with one attached hydrogen (secondary N) is 2. The zero-order valence-electron chi connectivity index (χ0n) is 15.3. The number of hydrogen-bond donors (Lipinski definition) is 2. The minimum atomic E-state index is -0.404. The van der Waals surface area contributed by atoms with Crippen molar-refractivity contribution in [3.63, 3.8) is 0 Å². The molecule has 0 fully saturated rings. The zero-order chi connectivity index (χ0) is 20.2. The quantitative estimate of drug-likeness (QED) is 0.507. The van der Waals surface area contributed by atoms with Crippen LogP contribution in [0.1, 0.15) is 23.2 Å². The van der Waals surface area contributed by atoms with Crippen molar-refractivity contribution in [2.45, 2.75) is 13.5 Å². The fourth-order valence-electron chi connectivity index (χ4n) is 2.50. The lowest BCUT2D eigenvalue weighted by atomic mass is 10.3. The average Bonchev–Trinajstić information content (AvgIpc) is 3.47. The first-order valence-corrected chi connectivity index (χ1v) is 9.54. The Hall–Kier alpha value is -3.79. The van der Waals surface area contributed by atoms with Gasteiger partial charge < -0.3 is 9.73 Å². The molecule has 1 aromatic carbocycles. The number of furan rings is 1. The highest BCUT2D eigenvalue weighted by Crippen LogP contribution is 2.26. The minimum absolute atomic E-state index is 0.134. The van der Waals surface area contributed by atoms with E-state index in [1.165, 1.54) is 22.9 Å². The van der Waals surface area contributed by atoms with Gasteiger partial charge in [-0.1, -0.05) is 23.4 Å². The van der Waals surface area contributed by atoms with Gasteiger partial charge in [0, 0.05) is 12.3 Å². The van der Waals surface area contributed by atoms with Crippen molar-refractivity contribution in [2.24, 2.45) is 0 Å². The molecule has 4 rings (SSSR count). The minimum Gasteiger partial charge on any atom is -0.458 e. The molecular weight excluding hydrogens is 392 g/mol. The Kier molecular flexibility index (Phi) is 5.16. The molecule has 0 spiro atoms. The Bertz CT molecular complexity index is 1150. The Morgan fingerprint density at radius 1 is 1.17 bits per heavy atom. The number of hydrogen-bond acceptors (Lipinski definition) is 7. The molecule has 0 unspecified atom stereocenters. The van der Waals surface area contributed by atoms with E-state index in [2.05, 4.69) is 25.9 Å². The van der Waals surface area contributed by atoms with Gasteiger partial charge in [0.15, 0.2) is 16.6 Å². The summed E-state index contributed by atoms with van der Waals surface area (Å²) < 4.78 is 7.20. The Labute approximate surface area is 169 Å². The molecule has 3 heterocycles. The van der Waals surface area contributed by atoms with Gasteiger partial charge in [-0.2, -0.15) is 0 Å². The van der Waals surface area contributed by atoms with Gasteiger partial charge in [-0.05, 0) is 24.3 Å². The summed E-state index contributed by atoms with van der Waals surface area (Å²) >= 11 is 1.27. The maximum atomic E-state index is 12.4. The molecule has 0 aliphatic heterocycles. The van der Waals surface area contributed by atoms with Gasteiger partial charge in [-0.25, -0.2) is 9.67 Å². The molecule has 3 aromatic heterocycles. The number of para-hydroxylation sites is 1. The van der Waals surface area contributed by atoms with Gasteiger partial charge in [-0.15, -0.1) is 16.4 Å². The summed E-state index contributed by atoms with van der Waals surface area (Å²) in [5.41, 5.74) is 1.58. The Morgan fingerprint density at radius 2 is 2.00 bits per heavy atom. The van der Waals surface area contributed by atoms with Crippen LogP contribution < -0.4 is 10.6 Å². The van der Waals surface area contributed by atoms with Crippen LogP contribution in [0.15, 0.2) is 58.5 Å². The highest BCUT2D eigenvalue weighted by molar-refractivity contribution is 7.14. The number of anilines is 1. The number of aromatic nitrogens is 4. The van der Waals surface area contributed by atoms with Crippen LogP contribution in [0, 0.1) is 0 Å². The molecule has 0 atom stereocenters. The molecule has 10 heteroatoms. The first-order valence-electron chi connectivity index (χ1n) is 8.66. The number of nitrogens with zero attached hydrogens (tertiary/aromatic N) is 4. The summed E-state index contributed by atoms with van der Waals surface area (Å²) in [6.07, 6.45) is 1.56. The molecule has 0 saturated heterocycles. The second-order valence-electron chi connectivity index (χ2n) is 6.05. The van der Waals surface area contributed by atoms with E-state index in [1.54, 1.807) is 23.7 Å². The van der Waals surface area contributed by atoms with E-state index in [9.17, 15) is 9.59 Å². The molecule has 4 aromatic rings. The van der Waals surface area contributed by atoms with Crippen molar-refractivity contribution in [2.75, 3.05) is 5.32 Å². The monoisotopic (exact) mass is 408 g/mol. The lowest BCUT2D eigenvalue weighted by Crippen LogP contribution is -2.18. The molecule has 2 N–H and O–H groups in total. The van der Waals surface area contributed by atoms with E-state index in [4.69, 9.17) is 4.42 Å². The van der Waals surface area contributed by atoms with E-state index in [1.807, 2.05) is 30.3 Å². The summed E-state index contributed by atoms with van der Waals surface area (Å²) in [4.78, 5) is 27.8. The number of benzene rings is 1. The number of carbonyl (C=O) groups is 2. The highest BCUT2D eigenvalue weighted by Gasteiger charge is 2.15. The highest BCUT2D eigenvalue weighted by atomic mass is 32.1. The molecule has 0 saturated carbocycles. The molecular formula is C19H16N6O3S.